The maximum absolute atomic E-state index is 11.8. The van der Waals surface area contributed by atoms with E-state index in [0.717, 1.165) is 12.8 Å². The molecule has 0 aromatic rings. The number of allylic oxidation sites excluding steroid dienone is 3. The van der Waals surface area contributed by atoms with Crippen LogP contribution in [0.15, 0.2) is 24.8 Å². The summed E-state index contributed by atoms with van der Waals surface area (Å²) in [6.07, 6.45) is 8.11. The van der Waals surface area contributed by atoms with Crippen molar-refractivity contribution < 1.29 is 4.79 Å². The third-order valence-corrected chi connectivity index (χ3v) is 4.56. The molecule has 0 aromatic heterocycles. The molecule has 1 rings (SSSR count). The number of hydrogen-bond acceptors (Lipinski definition) is 1. The van der Waals surface area contributed by atoms with E-state index in [-0.39, 0.29) is 10.8 Å². The topological polar surface area (TPSA) is 17.1 Å². The van der Waals surface area contributed by atoms with E-state index in [1.165, 1.54) is 0 Å². The van der Waals surface area contributed by atoms with Gasteiger partial charge >= 0.3 is 0 Å². The second kappa shape index (κ2) is 3.96. The Morgan fingerprint density at radius 1 is 1.40 bits per heavy atom. The summed E-state index contributed by atoms with van der Waals surface area (Å²) in [6, 6.07) is 0. The van der Waals surface area contributed by atoms with Gasteiger partial charge in [0.2, 0.25) is 0 Å². The van der Waals surface area contributed by atoms with E-state index in [1.807, 2.05) is 6.08 Å². The maximum Gasteiger partial charge on any atom is 0.136 e. The van der Waals surface area contributed by atoms with Gasteiger partial charge in [-0.25, -0.2) is 0 Å². The minimum Gasteiger partial charge on any atom is -0.299 e. The largest absolute Gasteiger partial charge is 0.299 e. The standard InChI is InChI=1S/C14H22O/c1-6-7-8-12-9-10-14(5,11(2)15)13(12,3)4/h6-8,12H,1,9-10H2,2-5H3/b8-7+/t12-,14-/m1/s1. The van der Waals surface area contributed by atoms with Gasteiger partial charge in [-0.1, -0.05) is 45.6 Å². The Bertz CT molecular complexity index is 298. The second-order valence-corrected chi connectivity index (χ2v) is 5.38. The van der Waals surface area contributed by atoms with Crippen LogP contribution in [0.3, 0.4) is 0 Å². The summed E-state index contributed by atoms with van der Waals surface area (Å²) in [5, 5.41) is 0. The van der Waals surface area contributed by atoms with Gasteiger partial charge in [-0.2, -0.15) is 0 Å². The third-order valence-electron chi connectivity index (χ3n) is 4.56. The minimum atomic E-state index is -0.164. The quantitative estimate of drug-likeness (QED) is 0.643. The molecule has 0 amide bonds. The number of carbonyl (C=O) groups is 1. The summed E-state index contributed by atoms with van der Waals surface area (Å²) in [6.45, 7) is 11.9. The zero-order valence-electron chi connectivity index (χ0n) is 10.3. The van der Waals surface area contributed by atoms with Crippen molar-refractivity contribution in [3.05, 3.63) is 24.8 Å². The molecule has 0 saturated heterocycles. The molecule has 0 N–H and O–H groups in total. The molecule has 0 unspecified atom stereocenters. The lowest BCUT2D eigenvalue weighted by Crippen LogP contribution is -2.39. The van der Waals surface area contributed by atoms with Crippen LogP contribution in [0.5, 0.6) is 0 Å². The molecular weight excluding hydrogens is 184 g/mol. The lowest BCUT2D eigenvalue weighted by Gasteiger charge is -2.39. The minimum absolute atomic E-state index is 0.0539. The molecule has 15 heavy (non-hydrogen) atoms. The van der Waals surface area contributed by atoms with Gasteiger partial charge in [-0.05, 0) is 31.1 Å². The average Bonchev–Trinajstić information content (AvgIpc) is 2.37. The van der Waals surface area contributed by atoms with Crippen LogP contribution in [-0.4, -0.2) is 5.78 Å². The average molecular weight is 206 g/mol. The fourth-order valence-corrected chi connectivity index (χ4v) is 2.72. The summed E-state index contributed by atoms with van der Waals surface area (Å²) in [5.74, 6) is 0.811. The third kappa shape index (κ3) is 1.80. The zero-order valence-corrected chi connectivity index (χ0v) is 10.3. The van der Waals surface area contributed by atoms with Crippen molar-refractivity contribution >= 4 is 5.78 Å². The Morgan fingerprint density at radius 3 is 2.40 bits per heavy atom. The summed E-state index contributed by atoms with van der Waals surface area (Å²) < 4.78 is 0. The number of ketones is 1. The maximum atomic E-state index is 11.8. The molecule has 1 aliphatic rings. The predicted octanol–water partition coefficient (Wildman–Crippen LogP) is 3.76. The van der Waals surface area contributed by atoms with Crippen molar-refractivity contribution in [2.45, 2.75) is 40.5 Å². The molecule has 1 aliphatic carbocycles. The van der Waals surface area contributed by atoms with Crippen molar-refractivity contribution in [1.29, 1.82) is 0 Å². The van der Waals surface area contributed by atoms with E-state index in [9.17, 15) is 4.79 Å². The van der Waals surface area contributed by atoms with E-state index >= 15 is 0 Å². The first kappa shape index (κ1) is 12.2. The number of Topliss-reactive ketones (excluding diaryl/α,β-unsaturated/α-hetero) is 1. The van der Waals surface area contributed by atoms with Crippen LogP contribution < -0.4 is 0 Å². The molecule has 1 saturated carbocycles. The highest BCUT2D eigenvalue weighted by Gasteiger charge is 2.53. The normalized spacial score (nSPS) is 34.5. The first-order valence-corrected chi connectivity index (χ1v) is 5.66. The summed E-state index contributed by atoms with van der Waals surface area (Å²) in [4.78, 5) is 11.8. The highest BCUT2D eigenvalue weighted by Crippen LogP contribution is 2.56. The van der Waals surface area contributed by atoms with Crippen LogP contribution in [0.1, 0.15) is 40.5 Å². The van der Waals surface area contributed by atoms with Gasteiger partial charge in [-0.15, -0.1) is 0 Å². The summed E-state index contributed by atoms with van der Waals surface area (Å²) in [5.41, 5.74) is -0.110. The Balaban J connectivity index is 2.98. The summed E-state index contributed by atoms with van der Waals surface area (Å²) >= 11 is 0. The van der Waals surface area contributed by atoms with Gasteiger partial charge in [0.05, 0.1) is 0 Å². The molecule has 2 atom stereocenters. The zero-order chi connectivity index (χ0) is 11.7. The smallest absolute Gasteiger partial charge is 0.136 e. The van der Waals surface area contributed by atoms with Crippen molar-refractivity contribution in [3.63, 3.8) is 0 Å². The molecule has 1 nitrogen and oxygen atoms in total. The lowest BCUT2D eigenvalue weighted by molar-refractivity contribution is -0.130. The molecule has 0 radical (unpaired) electrons. The fraction of sp³-hybridized carbons (Fsp3) is 0.643. The molecule has 0 bridgehead atoms. The second-order valence-electron chi connectivity index (χ2n) is 5.38. The molecule has 84 valence electrons. The molecule has 1 fully saturated rings. The van der Waals surface area contributed by atoms with E-state index in [1.54, 1.807) is 13.0 Å². The summed E-state index contributed by atoms with van der Waals surface area (Å²) in [7, 11) is 0. The highest BCUT2D eigenvalue weighted by molar-refractivity contribution is 5.83. The fourth-order valence-electron chi connectivity index (χ4n) is 2.72. The number of carbonyl (C=O) groups excluding carboxylic acids is 1. The SMILES string of the molecule is C=C/C=C/[C@@H]1CC[C@](C)(C(C)=O)C1(C)C. The first-order chi connectivity index (χ1) is 6.86. The van der Waals surface area contributed by atoms with Crippen LogP contribution in [-0.2, 0) is 4.79 Å². The Kier molecular flexibility index (Phi) is 3.22. The molecule has 0 spiro atoms. The Morgan fingerprint density at radius 2 is 2.00 bits per heavy atom. The highest BCUT2D eigenvalue weighted by atomic mass is 16.1. The van der Waals surface area contributed by atoms with Crippen LogP contribution >= 0.6 is 0 Å². The van der Waals surface area contributed by atoms with Crippen LogP contribution in [0, 0.1) is 16.7 Å². The molecule has 0 aromatic carbocycles. The van der Waals surface area contributed by atoms with Gasteiger partial charge < -0.3 is 0 Å². The van der Waals surface area contributed by atoms with Gasteiger partial charge in [0.25, 0.3) is 0 Å². The van der Waals surface area contributed by atoms with Gasteiger partial charge in [0.15, 0.2) is 0 Å². The van der Waals surface area contributed by atoms with Crippen LogP contribution in [0.25, 0.3) is 0 Å². The van der Waals surface area contributed by atoms with Gasteiger partial charge in [0, 0.05) is 5.41 Å². The first-order valence-electron chi connectivity index (χ1n) is 5.66. The van der Waals surface area contributed by atoms with Crippen LogP contribution in [0.2, 0.25) is 0 Å². The number of rotatable bonds is 3. The van der Waals surface area contributed by atoms with Crippen LogP contribution in [0.4, 0.5) is 0 Å². The molecule has 0 heterocycles. The molecular formula is C14H22O. The van der Waals surface area contributed by atoms with Crippen molar-refractivity contribution in [2.75, 3.05) is 0 Å². The Labute approximate surface area is 93.3 Å². The van der Waals surface area contributed by atoms with Crippen molar-refractivity contribution in [1.82, 2.24) is 0 Å². The van der Waals surface area contributed by atoms with E-state index < -0.39 is 0 Å². The predicted molar refractivity (Wildman–Crippen MR) is 64.6 cm³/mol. The number of hydrogen-bond donors (Lipinski definition) is 0. The van der Waals surface area contributed by atoms with Gasteiger partial charge in [0.1, 0.15) is 5.78 Å². The molecule has 0 aliphatic heterocycles. The van der Waals surface area contributed by atoms with Crippen molar-refractivity contribution in [3.8, 4) is 0 Å². The lowest BCUT2D eigenvalue weighted by atomic mass is 9.64. The monoisotopic (exact) mass is 206 g/mol. The van der Waals surface area contributed by atoms with Gasteiger partial charge in [-0.3, -0.25) is 4.79 Å². The molecule has 1 heteroatoms. The van der Waals surface area contributed by atoms with E-state index in [4.69, 9.17) is 0 Å². The Hall–Kier alpha value is -0.850. The van der Waals surface area contributed by atoms with E-state index in [2.05, 4.69) is 33.4 Å². The van der Waals surface area contributed by atoms with E-state index in [0.29, 0.717) is 11.7 Å². The van der Waals surface area contributed by atoms with Crippen molar-refractivity contribution in [2.24, 2.45) is 16.7 Å².